The highest BCUT2D eigenvalue weighted by atomic mass is 16.6. The molecule has 1 aromatic carbocycles. The summed E-state index contributed by atoms with van der Waals surface area (Å²) in [5, 5.41) is 19.5. The van der Waals surface area contributed by atoms with Crippen molar-refractivity contribution in [3.8, 4) is 0 Å². The van der Waals surface area contributed by atoms with Crippen molar-refractivity contribution in [1.82, 2.24) is 4.90 Å². The highest BCUT2D eigenvalue weighted by Gasteiger charge is 2.21. The van der Waals surface area contributed by atoms with E-state index in [0.29, 0.717) is 5.56 Å². The van der Waals surface area contributed by atoms with Crippen LogP contribution in [0.1, 0.15) is 18.4 Å². The van der Waals surface area contributed by atoms with Crippen molar-refractivity contribution in [3.05, 3.63) is 39.9 Å². The van der Waals surface area contributed by atoms with Crippen LogP contribution in [0.2, 0.25) is 0 Å². The van der Waals surface area contributed by atoms with Crippen LogP contribution in [0.5, 0.6) is 0 Å². The third-order valence-corrected chi connectivity index (χ3v) is 2.96. The van der Waals surface area contributed by atoms with Crippen molar-refractivity contribution in [3.63, 3.8) is 0 Å². The molecule has 3 N–H and O–H groups in total. The van der Waals surface area contributed by atoms with Gasteiger partial charge in [-0.25, -0.2) is 0 Å². The Morgan fingerprint density at radius 1 is 1.43 bits per heavy atom. The quantitative estimate of drug-likeness (QED) is 0.564. The molecule has 1 rings (SSSR count). The Morgan fingerprint density at radius 2 is 2.05 bits per heavy atom. The number of benzene rings is 1. The van der Waals surface area contributed by atoms with Gasteiger partial charge < -0.3 is 15.7 Å². The number of para-hydroxylation sites is 1. The van der Waals surface area contributed by atoms with Crippen molar-refractivity contribution >= 4 is 17.6 Å². The molecule has 0 aliphatic heterocycles. The van der Waals surface area contributed by atoms with Crippen molar-refractivity contribution in [1.29, 1.82) is 0 Å². The zero-order chi connectivity index (χ0) is 16.0. The number of carboxylic acid groups (broad SMARTS) is 1. The number of nitrogens with zero attached hydrogens (tertiary/aromatic N) is 2. The van der Waals surface area contributed by atoms with Gasteiger partial charge in [0.05, 0.1) is 17.5 Å². The first kappa shape index (κ1) is 16.6. The maximum absolute atomic E-state index is 12.0. The second-order valence-corrected chi connectivity index (χ2v) is 4.62. The summed E-state index contributed by atoms with van der Waals surface area (Å²) in [5.41, 5.74) is 5.95. The summed E-state index contributed by atoms with van der Waals surface area (Å²) in [7, 11) is 1.47. The summed E-state index contributed by atoms with van der Waals surface area (Å²) in [4.78, 5) is 34.1. The van der Waals surface area contributed by atoms with E-state index in [4.69, 9.17) is 10.8 Å². The first-order valence-corrected chi connectivity index (χ1v) is 6.27. The first-order valence-electron chi connectivity index (χ1n) is 6.27. The predicted octanol–water partition coefficient (Wildman–Crippen LogP) is 0.745. The van der Waals surface area contributed by atoms with Crippen LogP contribution in [0.3, 0.4) is 0 Å². The monoisotopic (exact) mass is 295 g/mol. The molecule has 0 spiro atoms. The van der Waals surface area contributed by atoms with Gasteiger partial charge in [-0.3, -0.25) is 19.7 Å². The average Bonchev–Trinajstić information content (AvgIpc) is 2.44. The molecular weight excluding hydrogens is 278 g/mol. The lowest BCUT2D eigenvalue weighted by molar-refractivity contribution is -0.385. The van der Waals surface area contributed by atoms with Gasteiger partial charge in [-0.05, 0) is 6.42 Å². The number of nitro benzene ring substituents is 1. The molecule has 1 aromatic rings. The Balaban J connectivity index is 2.72. The normalized spacial score (nSPS) is 11.7. The molecule has 0 bridgehead atoms. The summed E-state index contributed by atoms with van der Waals surface area (Å²) < 4.78 is 0. The average molecular weight is 295 g/mol. The third-order valence-electron chi connectivity index (χ3n) is 2.96. The fourth-order valence-corrected chi connectivity index (χ4v) is 1.84. The smallest absolute Gasteiger partial charge is 0.303 e. The van der Waals surface area contributed by atoms with E-state index >= 15 is 0 Å². The number of rotatable bonds is 7. The van der Waals surface area contributed by atoms with Gasteiger partial charge in [0.1, 0.15) is 0 Å². The molecule has 1 unspecified atom stereocenters. The van der Waals surface area contributed by atoms with Gasteiger partial charge in [-0.1, -0.05) is 18.2 Å². The number of carbonyl (C=O) groups excluding carboxylic acids is 1. The van der Waals surface area contributed by atoms with Crippen LogP contribution in [0.25, 0.3) is 0 Å². The number of hydrogen-bond acceptors (Lipinski definition) is 5. The molecule has 0 aliphatic rings. The second kappa shape index (κ2) is 7.34. The molecule has 0 aromatic heterocycles. The van der Waals surface area contributed by atoms with Crippen LogP contribution in [-0.2, 0) is 16.1 Å². The molecule has 1 atom stereocenters. The number of amides is 1. The number of aliphatic carboxylic acids is 1. The zero-order valence-corrected chi connectivity index (χ0v) is 11.6. The summed E-state index contributed by atoms with van der Waals surface area (Å²) in [5.74, 6) is -1.48. The van der Waals surface area contributed by atoms with Crippen LogP contribution < -0.4 is 5.73 Å². The van der Waals surface area contributed by atoms with E-state index in [9.17, 15) is 19.7 Å². The summed E-state index contributed by atoms with van der Waals surface area (Å²) in [6, 6.07) is 5.17. The van der Waals surface area contributed by atoms with Gasteiger partial charge in [-0.15, -0.1) is 0 Å². The van der Waals surface area contributed by atoms with Crippen molar-refractivity contribution in [2.45, 2.75) is 25.4 Å². The fraction of sp³-hybridized carbons (Fsp3) is 0.385. The SMILES string of the molecule is CN(Cc1ccccc1[N+](=O)[O-])C(=O)C(N)CCC(=O)O. The number of nitro groups is 1. The van der Waals surface area contributed by atoms with Crippen molar-refractivity contribution < 1.29 is 19.6 Å². The highest BCUT2D eigenvalue weighted by molar-refractivity contribution is 5.82. The molecule has 0 saturated carbocycles. The van der Waals surface area contributed by atoms with Gasteiger partial charge in [0.15, 0.2) is 0 Å². The lowest BCUT2D eigenvalue weighted by Crippen LogP contribution is -2.41. The highest BCUT2D eigenvalue weighted by Crippen LogP contribution is 2.19. The molecular formula is C13H17N3O5. The number of carboxylic acids is 1. The molecule has 114 valence electrons. The Labute approximate surface area is 121 Å². The number of nitrogens with two attached hydrogens (primary N) is 1. The van der Waals surface area contributed by atoms with Gasteiger partial charge in [0.2, 0.25) is 5.91 Å². The third kappa shape index (κ3) is 4.84. The molecule has 0 radical (unpaired) electrons. The van der Waals surface area contributed by atoms with E-state index in [1.165, 1.54) is 18.0 Å². The summed E-state index contributed by atoms with van der Waals surface area (Å²) in [6.45, 7) is 0.0385. The largest absolute Gasteiger partial charge is 0.481 e. The van der Waals surface area contributed by atoms with E-state index in [-0.39, 0.29) is 25.1 Å². The second-order valence-electron chi connectivity index (χ2n) is 4.62. The van der Waals surface area contributed by atoms with Crippen LogP contribution in [-0.4, -0.2) is 39.9 Å². The number of carbonyl (C=O) groups is 2. The van der Waals surface area contributed by atoms with Crippen LogP contribution in [0.15, 0.2) is 24.3 Å². The Bertz CT molecular complexity index is 546. The Kier molecular flexibility index (Phi) is 5.79. The van der Waals surface area contributed by atoms with Gasteiger partial charge in [0.25, 0.3) is 5.69 Å². The summed E-state index contributed by atoms with van der Waals surface area (Å²) >= 11 is 0. The van der Waals surface area contributed by atoms with Gasteiger partial charge in [-0.2, -0.15) is 0 Å². The Hall–Kier alpha value is -2.48. The van der Waals surface area contributed by atoms with E-state index in [0.717, 1.165) is 0 Å². The maximum Gasteiger partial charge on any atom is 0.303 e. The van der Waals surface area contributed by atoms with E-state index in [1.54, 1.807) is 18.2 Å². The molecule has 0 fully saturated rings. The number of likely N-dealkylation sites (N-methyl/N-ethyl adjacent to an activating group) is 1. The van der Waals surface area contributed by atoms with Crippen molar-refractivity contribution in [2.24, 2.45) is 5.73 Å². The molecule has 8 heteroatoms. The van der Waals surface area contributed by atoms with E-state index in [2.05, 4.69) is 0 Å². The maximum atomic E-state index is 12.0. The molecule has 1 amide bonds. The molecule has 0 aliphatic carbocycles. The van der Waals surface area contributed by atoms with E-state index in [1.807, 2.05) is 0 Å². The van der Waals surface area contributed by atoms with Crippen LogP contribution >= 0.6 is 0 Å². The molecule has 8 nitrogen and oxygen atoms in total. The van der Waals surface area contributed by atoms with Gasteiger partial charge in [0, 0.05) is 25.1 Å². The van der Waals surface area contributed by atoms with E-state index < -0.39 is 22.8 Å². The molecule has 21 heavy (non-hydrogen) atoms. The Morgan fingerprint density at radius 3 is 2.62 bits per heavy atom. The minimum Gasteiger partial charge on any atom is -0.481 e. The number of hydrogen-bond donors (Lipinski definition) is 2. The first-order chi connectivity index (χ1) is 9.82. The standard InChI is InChI=1S/C13H17N3O5/c1-15(13(19)10(14)6-7-12(17)18)8-9-4-2-3-5-11(9)16(20)21/h2-5,10H,6-8,14H2,1H3,(H,17,18). The predicted molar refractivity (Wildman–Crippen MR) is 74.4 cm³/mol. The zero-order valence-electron chi connectivity index (χ0n) is 11.6. The minimum atomic E-state index is -1.03. The summed E-state index contributed by atoms with van der Waals surface area (Å²) in [6.07, 6.45) is -0.179. The van der Waals surface area contributed by atoms with Gasteiger partial charge >= 0.3 is 5.97 Å². The lowest BCUT2D eigenvalue weighted by atomic mass is 10.1. The van der Waals surface area contributed by atoms with Crippen molar-refractivity contribution in [2.75, 3.05) is 7.05 Å². The lowest BCUT2D eigenvalue weighted by Gasteiger charge is -2.21. The topological polar surface area (TPSA) is 127 Å². The van der Waals surface area contributed by atoms with Crippen LogP contribution in [0, 0.1) is 10.1 Å². The van der Waals surface area contributed by atoms with Crippen LogP contribution in [0.4, 0.5) is 5.69 Å². The minimum absolute atomic E-state index is 0.0232. The molecule has 0 heterocycles. The molecule has 0 saturated heterocycles. The fourth-order valence-electron chi connectivity index (χ4n) is 1.84.